The fourth-order valence-corrected chi connectivity index (χ4v) is 2.27. The molecule has 0 spiro atoms. The Balaban J connectivity index is 0.00000400. The second kappa shape index (κ2) is 10.9. The number of hydrogen-bond acceptors (Lipinski definition) is 2. The molecule has 0 aromatic rings. The fraction of sp³-hybridized carbons (Fsp3) is 0.733. The number of rotatable bonds is 5. The van der Waals surface area contributed by atoms with E-state index in [-0.39, 0.29) is 35.8 Å². The Labute approximate surface area is 145 Å². The minimum absolute atomic E-state index is 0. The number of allylic oxidation sites excluding steroid dienone is 1. The predicted molar refractivity (Wildman–Crippen MR) is 99.2 cm³/mol. The van der Waals surface area contributed by atoms with Crippen LogP contribution in [0, 0.1) is 5.92 Å². The van der Waals surface area contributed by atoms with Crippen LogP contribution >= 0.6 is 24.0 Å². The van der Waals surface area contributed by atoms with Gasteiger partial charge in [0.2, 0.25) is 5.91 Å². The number of guanidine groups is 1. The Morgan fingerprint density at radius 1 is 1.48 bits per heavy atom. The minimum atomic E-state index is 0. The van der Waals surface area contributed by atoms with E-state index in [1.165, 1.54) is 0 Å². The Bertz CT molecular complexity index is 369. The first-order chi connectivity index (χ1) is 9.58. The molecule has 1 rings (SSSR count). The van der Waals surface area contributed by atoms with E-state index in [0.29, 0.717) is 6.04 Å². The average Bonchev–Trinajstić information content (AvgIpc) is 2.89. The molecule has 1 aliphatic heterocycles. The van der Waals surface area contributed by atoms with Gasteiger partial charge in [0.05, 0.1) is 0 Å². The molecule has 122 valence electrons. The van der Waals surface area contributed by atoms with E-state index in [0.717, 1.165) is 38.4 Å². The zero-order valence-electron chi connectivity index (χ0n) is 13.6. The fourth-order valence-electron chi connectivity index (χ4n) is 2.27. The summed E-state index contributed by atoms with van der Waals surface area (Å²) in [6.07, 6.45) is 6.14. The van der Waals surface area contributed by atoms with Crippen molar-refractivity contribution in [2.75, 3.05) is 26.7 Å². The molecule has 1 fully saturated rings. The number of likely N-dealkylation sites (tertiary alicyclic amines) is 1. The lowest BCUT2D eigenvalue weighted by Gasteiger charge is -2.20. The Kier molecular flexibility index (Phi) is 10.5. The van der Waals surface area contributed by atoms with E-state index < -0.39 is 0 Å². The Morgan fingerprint density at radius 2 is 2.19 bits per heavy atom. The lowest BCUT2D eigenvalue weighted by Crippen LogP contribution is -2.45. The average molecular weight is 408 g/mol. The van der Waals surface area contributed by atoms with Crippen LogP contribution < -0.4 is 10.6 Å². The van der Waals surface area contributed by atoms with Crippen LogP contribution in [0.4, 0.5) is 0 Å². The van der Waals surface area contributed by atoms with Gasteiger partial charge in [-0.3, -0.25) is 9.79 Å². The molecule has 2 N–H and O–H groups in total. The van der Waals surface area contributed by atoms with Crippen LogP contribution in [0.2, 0.25) is 0 Å². The predicted octanol–water partition coefficient (Wildman–Crippen LogP) is 1.99. The maximum Gasteiger partial charge on any atom is 0.225 e. The lowest BCUT2D eigenvalue weighted by molar-refractivity contribution is -0.133. The van der Waals surface area contributed by atoms with Crippen molar-refractivity contribution >= 4 is 35.8 Å². The molecule has 5 nitrogen and oxygen atoms in total. The topological polar surface area (TPSA) is 56.7 Å². The summed E-state index contributed by atoms with van der Waals surface area (Å²) in [6.45, 7) is 8.39. The molecule has 21 heavy (non-hydrogen) atoms. The van der Waals surface area contributed by atoms with Gasteiger partial charge in [-0.05, 0) is 19.8 Å². The van der Waals surface area contributed by atoms with E-state index in [2.05, 4.69) is 21.7 Å². The maximum atomic E-state index is 11.9. The summed E-state index contributed by atoms with van der Waals surface area (Å²) in [5, 5.41) is 6.67. The van der Waals surface area contributed by atoms with Crippen molar-refractivity contribution < 1.29 is 4.79 Å². The number of nitrogens with one attached hydrogen (secondary N) is 2. The lowest BCUT2D eigenvalue weighted by atomic mass is 10.2. The van der Waals surface area contributed by atoms with Gasteiger partial charge in [-0.15, -0.1) is 24.0 Å². The number of carbonyl (C=O) groups excluding carboxylic acids is 1. The molecule has 6 heteroatoms. The van der Waals surface area contributed by atoms with Crippen LogP contribution in [0.25, 0.3) is 0 Å². The molecular formula is C15H29IN4O. The molecule has 0 radical (unpaired) electrons. The third-order valence-corrected chi connectivity index (χ3v) is 3.40. The van der Waals surface area contributed by atoms with Gasteiger partial charge in [-0.2, -0.15) is 0 Å². The first-order valence-corrected chi connectivity index (χ1v) is 7.45. The standard InChI is InChI=1S/C15H28N4O.HI/c1-5-6-7-9-17-15(16-4)18-13-8-10-19(11-13)14(20)12(2)3;/h5-6,12-13H,7-11H2,1-4H3,(H2,16,17,18);1H/b6-5+;. The van der Waals surface area contributed by atoms with Crippen molar-refractivity contribution in [1.29, 1.82) is 0 Å². The molecule has 0 saturated carbocycles. The number of nitrogens with zero attached hydrogens (tertiary/aromatic N) is 2. The quantitative estimate of drug-likeness (QED) is 0.241. The van der Waals surface area contributed by atoms with Crippen molar-refractivity contribution in [2.24, 2.45) is 10.9 Å². The highest BCUT2D eigenvalue weighted by molar-refractivity contribution is 14.0. The zero-order valence-corrected chi connectivity index (χ0v) is 15.9. The summed E-state index contributed by atoms with van der Waals surface area (Å²) in [5.41, 5.74) is 0. The third-order valence-electron chi connectivity index (χ3n) is 3.40. The first kappa shape index (κ1) is 20.2. The van der Waals surface area contributed by atoms with Crippen LogP contribution in [-0.4, -0.2) is 49.5 Å². The molecular weight excluding hydrogens is 379 g/mol. The molecule has 0 bridgehead atoms. The SMILES string of the molecule is C/C=C/CCNC(=NC)NC1CCN(C(=O)C(C)C)C1.I. The highest BCUT2D eigenvalue weighted by Gasteiger charge is 2.27. The summed E-state index contributed by atoms with van der Waals surface area (Å²) in [6, 6.07) is 0.297. The maximum absolute atomic E-state index is 11.9. The molecule has 1 aliphatic rings. The van der Waals surface area contributed by atoms with Crippen molar-refractivity contribution in [3.05, 3.63) is 12.2 Å². The van der Waals surface area contributed by atoms with Gasteiger partial charge in [0, 0.05) is 38.6 Å². The molecule has 1 heterocycles. The largest absolute Gasteiger partial charge is 0.356 e. The smallest absolute Gasteiger partial charge is 0.225 e. The second-order valence-electron chi connectivity index (χ2n) is 5.43. The molecule has 1 unspecified atom stereocenters. The van der Waals surface area contributed by atoms with Gasteiger partial charge < -0.3 is 15.5 Å². The molecule has 1 saturated heterocycles. The van der Waals surface area contributed by atoms with Gasteiger partial charge in [-0.25, -0.2) is 0 Å². The third kappa shape index (κ3) is 7.15. The Morgan fingerprint density at radius 3 is 2.76 bits per heavy atom. The molecule has 0 aromatic heterocycles. The van der Waals surface area contributed by atoms with Gasteiger partial charge >= 0.3 is 0 Å². The van der Waals surface area contributed by atoms with E-state index in [1.807, 2.05) is 31.7 Å². The summed E-state index contributed by atoms with van der Waals surface area (Å²) in [7, 11) is 1.77. The monoisotopic (exact) mass is 408 g/mol. The Hall–Kier alpha value is -0.790. The van der Waals surface area contributed by atoms with E-state index in [4.69, 9.17) is 0 Å². The van der Waals surface area contributed by atoms with E-state index in [1.54, 1.807) is 7.05 Å². The first-order valence-electron chi connectivity index (χ1n) is 7.45. The van der Waals surface area contributed by atoms with Crippen LogP contribution in [0.15, 0.2) is 17.1 Å². The molecule has 0 aliphatic carbocycles. The van der Waals surface area contributed by atoms with Crippen LogP contribution in [0.5, 0.6) is 0 Å². The summed E-state index contributed by atoms with van der Waals surface area (Å²) in [4.78, 5) is 18.1. The zero-order chi connectivity index (χ0) is 15.0. The molecule has 1 amide bonds. The number of amides is 1. The molecule has 0 aromatic carbocycles. The van der Waals surface area contributed by atoms with Gasteiger partial charge in [-0.1, -0.05) is 26.0 Å². The van der Waals surface area contributed by atoms with Gasteiger partial charge in [0.15, 0.2) is 5.96 Å². The highest BCUT2D eigenvalue weighted by atomic mass is 127. The van der Waals surface area contributed by atoms with Crippen LogP contribution in [0.3, 0.4) is 0 Å². The number of aliphatic imine (C=N–C) groups is 1. The highest BCUT2D eigenvalue weighted by Crippen LogP contribution is 2.12. The van der Waals surface area contributed by atoms with Crippen molar-refractivity contribution in [3.63, 3.8) is 0 Å². The second-order valence-corrected chi connectivity index (χ2v) is 5.43. The van der Waals surface area contributed by atoms with Crippen molar-refractivity contribution in [2.45, 2.75) is 39.7 Å². The summed E-state index contributed by atoms with van der Waals surface area (Å²) in [5.74, 6) is 1.13. The van der Waals surface area contributed by atoms with Gasteiger partial charge in [0.25, 0.3) is 0 Å². The normalized spacial score (nSPS) is 19.0. The summed E-state index contributed by atoms with van der Waals surface area (Å²) < 4.78 is 0. The van der Waals surface area contributed by atoms with Crippen LogP contribution in [0.1, 0.15) is 33.6 Å². The van der Waals surface area contributed by atoms with E-state index in [9.17, 15) is 4.79 Å². The minimum Gasteiger partial charge on any atom is -0.356 e. The number of halogens is 1. The number of hydrogen-bond donors (Lipinski definition) is 2. The summed E-state index contributed by atoms with van der Waals surface area (Å²) >= 11 is 0. The van der Waals surface area contributed by atoms with Crippen molar-refractivity contribution in [3.8, 4) is 0 Å². The molecule has 1 atom stereocenters. The van der Waals surface area contributed by atoms with E-state index >= 15 is 0 Å². The number of carbonyl (C=O) groups is 1. The van der Waals surface area contributed by atoms with Crippen molar-refractivity contribution in [1.82, 2.24) is 15.5 Å². The van der Waals surface area contributed by atoms with Crippen LogP contribution in [-0.2, 0) is 4.79 Å². The van der Waals surface area contributed by atoms with Gasteiger partial charge in [0.1, 0.15) is 0 Å².